The molecule has 0 aliphatic rings. The van der Waals surface area contributed by atoms with Crippen molar-refractivity contribution in [1.29, 1.82) is 0 Å². The van der Waals surface area contributed by atoms with Gasteiger partial charge in [-0.3, -0.25) is 20.4 Å². The van der Waals surface area contributed by atoms with Crippen LogP contribution in [-0.2, 0) is 0 Å². The third-order valence-electron chi connectivity index (χ3n) is 3.13. The highest BCUT2D eigenvalue weighted by atomic mass is 16.5. The number of hydrazine groups is 1. The first kappa shape index (κ1) is 17.1. The summed E-state index contributed by atoms with van der Waals surface area (Å²) in [7, 11) is 1.54. The molecule has 0 saturated heterocycles. The van der Waals surface area contributed by atoms with Crippen LogP contribution in [0.1, 0.15) is 20.7 Å². The summed E-state index contributed by atoms with van der Waals surface area (Å²) >= 11 is 0. The minimum absolute atomic E-state index is 0.392. The van der Waals surface area contributed by atoms with Gasteiger partial charge in [-0.2, -0.15) is 0 Å². The van der Waals surface area contributed by atoms with Crippen LogP contribution in [0.2, 0.25) is 0 Å². The fourth-order valence-electron chi connectivity index (χ4n) is 1.86. The molecule has 0 fully saturated rings. The highest BCUT2D eigenvalue weighted by molar-refractivity contribution is 5.99. The van der Waals surface area contributed by atoms with Gasteiger partial charge in [0.1, 0.15) is 18.1 Å². The molecule has 0 spiro atoms. The Bertz CT molecular complexity index is 709. The maximum atomic E-state index is 12.0. The SMILES string of the molecule is C=CCOc1ccc(C(=O)NNC(=O)c2ccc(OC)cc2)cc1. The van der Waals surface area contributed by atoms with Gasteiger partial charge >= 0.3 is 0 Å². The lowest BCUT2D eigenvalue weighted by molar-refractivity contribution is 0.0846. The highest BCUT2D eigenvalue weighted by Gasteiger charge is 2.09. The van der Waals surface area contributed by atoms with Crippen LogP contribution in [0.25, 0.3) is 0 Å². The maximum Gasteiger partial charge on any atom is 0.269 e. The van der Waals surface area contributed by atoms with Crippen molar-refractivity contribution < 1.29 is 19.1 Å². The lowest BCUT2D eigenvalue weighted by Crippen LogP contribution is -2.41. The molecule has 0 heterocycles. The number of carbonyl (C=O) groups excluding carboxylic acids is 2. The minimum Gasteiger partial charge on any atom is -0.497 e. The fourth-order valence-corrected chi connectivity index (χ4v) is 1.86. The van der Waals surface area contributed by atoms with E-state index in [0.29, 0.717) is 29.2 Å². The van der Waals surface area contributed by atoms with Crippen molar-refractivity contribution in [3.8, 4) is 11.5 Å². The Balaban J connectivity index is 1.89. The molecule has 0 radical (unpaired) electrons. The lowest BCUT2D eigenvalue weighted by Gasteiger charge is -2.09. The van der Waals surface area contributed by atoms with Gasteiger partial charge in [-0.25, -0.2) is 0 Å². The molecule has 2 N–H and O–H groups in total. The van der Waals surface area contributed by atoms with Gasteiger partial charge in [0.2, 0.25) is 0 Å². The van der Waals surface area contributed by atoms with Gasteiger partial charge in [-0.05, 0) is 48.5 Å². The maximum absolute atomic E-state index is 12.0. The Morgan fingerprint density at radius 1 is 0.917 bits per heavy atom. The first-order valence-corrected chi connectivity index (χ1v) is 7.22. The van der Waals surface area contributed by atoms with Crippen LogP contribution < -0.4 is 20.3 Å². The largest absolute Gasteiger partial charge is 0.497 e. The first-order valence-electron chi connectivity index (χ1n) is 7.22. The molecule has 6 heteroatoms. The van der Waals surface area contributed by atoms with E-state index in [2.05, 4.69) is 17.4 Å². The summed E-state index contributed by atoms with van der Waals surface area (Å²) in [5.74, 6) is 0.437. The summed E-state index contributed by atoms with van der Waals surface area (Å²) in [6, 6.07) is 13.1. The van der Waals surface area contributed by atoms with E-state index in [-0.39, 0.29) is 0 Å². The molecule has 6 nitrogen and oxygen atoms in total. The average molecular weight is 326 g/mol. The van der Waals surface area contributed by atoms with Crippen molar-refractivity contribution in [1.82, 2.24) is 10.9 Å². The lowest BCUT2D eigenvalue weighted by atomic mass is 10.2. The number of amides is 2. The smallest absolute Gasteiger partial charge is 0.269 e. The molecule has 2 amide bonds. The highest BCUT2D eigenvalue weighted by Crippen LogP contribution is 2.12. The van der Waals surface area contributed by atoms with Crippen molar-refractivity contribution in [2.75, 3.05) is 13.7 Å². The molecular weight excluding hydrogens is 308 g/mol. The van der Waals surface area contributed by atoms with E-state index in [0.717, 1.165) is 0 Å². The molecule has 2 rings (SSSR count). The van der Waals surface area contributed by atoms with E-state index >= 15 is 0 Å². The van der Waals surface area contributed by atoms with Gasteiger partial charge in [0.25, 0.3) is 11.8 Å². The summed E-state index contributed by atoms with van der Waals surface area (Å²) < 4.78 is 10.4. The quantitative estimate of drug-likeness (QED) is 0.631. The first-order chi connectivity index (χ1) is 11.6. The number of hydrogen-bond acceptors (Lipinski definition) is 4. The number of benzene rings is 2. The summed E-state index contributed by atoms with van der Waals surface area (Å²) in [5.41, 5.74) is 5.53. The molecule has 0 aliphatic carbocycles. The minimum atomic E-state index is -0.424. The van der Waals surface area contributed by atoms with Gasteiger partial charge in [0.05, 0.1) is 7.11 Å². The van der Waals surface area contributed by atoms with Gasteiger partial charge in [0.15, 0.2) is 0 Å². The summed E-state index contributed by atoms with van der Waals surface area (Å²) in [6.45, 7) is 3.95. The van der Waals surface area contributed by atoms with Crippen molar-refractivity contribution in [2.24, 2.45) is 0 Å². The Kier molecular flexibility index (Phi) is 5.96. The molecule has 2 aromatic rings. The van der Waals surface area contributed by atoms with Crippen molar-refractivity contribution >= 4 is 11.8 Å². The van der Waals surface area contributed by atoms with Gasteiger partial charge in [-0.15, -0.1) is 0 Å². The second kappa shape index (κ2) is 8.38. The second-order valence-corrected chi connectivity index (χ2v) is 4.76. The van der Waals surface area contributed by atoms with E-state index in [1.807, 2.05) is 0 Å². The fraction of sp³-hybridized carbons (Fsp3) is 0.111. The topological polar surface area (TPSA) is 76.7 Å². The van der Waals surface area contributed by atoms with Crippen molar-refractivity contribution in [3.63, 3.8) is 0 Å². The molecule has 0 bridgehead atoms. The zero-order valence-electron chi connectivity index (χ0n) is 13.2. The van der Waals surface area contributed by atoms with Crippen LogP contribution >= 0.6 is 0 Å². The van der Waals surface area contributed by atoms with E-state index in [1.54, 1.807) is 61.7 Å². The Morgan fingerprint density at radius 3 is 1.79 bits per heavy atom. The average Bonchev–Trinajstić information content (AvgIpc) is 2.64. The molecule has 0 atom stereocenters. The van der Waals surface area contributed by atoms with Crippen LogP contribution in [0.15, 0.2) is 61.2 Å². The van der Waals surface area contributed by atoms with E-state index in [1.165, 1.54) is 0 Å². The standard InChI is InChI=1S/C18H18N2O4/c1-3-12-24-16-10-6-14(7-11-16)18(22)20-19-17(21)13-4-8-15(23-2)9-5-13/h3-11H,1,12H2,2H3,(H,19,21)(H,20,22). The molecule has 124 valence electrons. The molecule has 0 aliphatic heterocycles. The van der Waals surface area contributed by atoms with Gasteiger partial charge < -0.3 is 9.47 Å². The van der Waals surface area contributed by atoms with Crippen LogP contribution in [0.4, 0.5) is 0 Å². The zero-order valence-corrected chi connectivity index (χ0v) is 13.2. The third kappa shape index (κ3) is 4.61. The Labute approximate surface area is 140 Å². The van der Waals surface area contributed by atoms with Gasteiger partial charge in [-0.1, -0.05) is 12.7 Å². The normalized spacial score (nSPS) is 9.71. The van der Waals surface area contributed by atoms with E-state index in [9.17, 15) is 9.59 Å². The van der Waals surface area contributed by atoms with Crippen LogP contribution in [0, 0.1) is 0 Å². The molecular formula is C18H18N2O4. The van der Waals surface area contributed by atoms with Crippen LogP contribution in [-0.4, -0.2) is 25.5 Å². The molecule has 24 heavy (non-hydrogen) atoms. The van der Waals surface area contributed by atoms with Crippen LogP contribution in [0.5, 0.6) is 11.5 Å². The van der Waals surface area contributed by atoms with Crippen molar-refractivity contribution in [2.45, 2.75) is 0 Å². The number of hydrogen-bond donors (Lipinski definition) is 2. The molecule has 0 unspecified atom stereocenters. The number of ether oxygens (including phenoxy) is 2. The predicted molar refractivity (Wildman–Crippen MR) is 90.1 cm³/mol. The van der Waals surface area contributed by atoms with E-state index in [4.69, 9.17) is 9.47 Å². The van der Waals surface area contributed by atoms with E-state index < -0.39 is 11.8 Å². The third-order valence-corrected chi connectivity index (χ3v) is 3.13. The number of carbonyl (C=O) groups is 2. The predicted octanol–water partition coefficient (Wildman–Crippen LogP) is 2.33. The second-order valence-electron chi connectivity index (χ2n) is 4.76. The van der Waals surface area contributed by atoms with Crippen molar-refractivity contribution in [3.05, 3.63) is 72.3 Å². The molecule has 0 aromatic heterocycles. The summed E-state index contributed by atoms with van der Waals surface area (Å²) in [6.07, 6.45) is 1.63. The number of nitrogens with one attached hydrogen (secondary N) is 2. The number of rotatable bonds is 6. The Hall–Kier alpha value is -3.28. The molecule has 2 aromatic carbocycles. The summed E-state index contributed by atoms with van der Waals surface area (Å²) in [5, 5.41) is 0. The monoisotopic (exact) mass is 326 g/mol. The number of methoxy groups -OCH3 is 1. The van der Waals surface area contributed by atoms with Gasteiger partial charge in [0, 0.05) is 11.1 Å². The Morgan fingerprint density at radius 2 is 1.38 bits per heavy atom. The summed E-state index contributed by atoms with van der Waals surface area (Å²) in [4.78, 5) is 24.0. The van der Waals surface area contributed by atoms with Crippen LogP contribution in [0.3, 0.4) is 0 Å². The zero-order chi connectivity index (χ0) is 17.4. The molecule has 0 saturated carbocycles.